The molecule has 2 aliphatic rings. The van der Waals surface area contributed by atoms with E-state index in [4.69, 9.17) is 9.84 Å². The van der Waals surface area contributed by atoms with Gasteiger partial charge in [0.15, 0.2) is 0 Å². The van der Waals surface area contributed by atoms with Crippen LogP contribution >= 0.6 is 0 Å². The first kappa shape index (κ1) is 17.4. The number of carbonyl (C=O) groups excluding carboxylic acids is 2. The SMILES string of the molecule is COC1CC(CC(=O)O)N(C(=O)CN2C(=O)CCc3ccccc32)C1. The number of aryl methyl sites for hydroxylation is 1. The monoisotopic (exact) mass is 346 g/mol. The number of amides is 2. The lowest BCUT2D eigenvalue weighted by Crippen LogP contribution is -2.47. The Kier molecular flexibility index (Phi) is 5.03. The van der Waals surface area contributed by atoms with Crippen LogP contribution in [-0.2, 0) is 25.5 Å². The number of likely N-dealkylation sites (tertiary alicyclic amines) is 1. The third kappa shape index (κ3) is 3.66. The summed E-state index contributed by atoms with van der Waals surface area (Å²) in [7, 11) is 1.56. The van der Waals surface area contributed by atoms with Gasteiger partial charge in [0, 0.05) is 31.8 Å². The molecule has 1 fully saturated rings. The number of rotatable bonds is 5. The van der Waals surface area contributed by atoms with E-state index in [9.17, 15) is 14.4 Å². The summed E-state index contributed by atoms with van der Waals surface area (Å²) in [6, 6.07) is 7.17. The molecule has 2 heterocycles. The predicted molar refractivity (Wildman–Crippen MR) is 90.3 cm³/mol. The zero-order chi connectivity index (χ0) is 18.0. The first-order chi connectivity index (χ1) is 12.0. The van der Waals surface area contributed by atoms with Gasteiger partial charge in [-0.25, -0.2) is 0 Å². The molecule has 0 aromatic heterocycles. The highest BCUT2D eigenvalue weighted by Gasteiger charge is 2.38. The van der Waals surface area contributed by atoms with Gasteiger partial charge in [-0.2, -0.15) is 0 Å². The van der Waals surface area contributed by atoms with Crippen molar-refractivity contribution in [2.24, 2.45) is 0 Å². The van der Waals surface area contributed by atoms with E-state index in [1.165, 1.54) is 4.90 Å². The van der Waals surface area contributed by atoms with E-state index in [0.717, 1.165) is 11.3 Å². The van der Waals surface area contributed by atoms with Crippen LogP contribution in [0.5, 0.6) is 0 Å². The minimum atomic E-state index is -0.945. The Bertz CT molecular complexity index is 690. The average molecular weight is 346 g/mol. The maximum atomic E-state index is 12.8. The maximum Gasteiger partial charge on any atom is 0.305 e. The normalized spacial score (nSPS) is 22.8. The third-order valence-corrected chi connectivity index (χ3v) is 4.93. The van der Waals surface area contributed by atoms with E-state index in [1.807, 2.05) is 24.3 Å². The lowest BCUT2D eigenvalue weighted by Gasteiger charge is -2.31. The number of carboxylic acid groups (broad SMARTS) is 1. The highest BCUT2D eigenvalue weighted by atomic mass is 16.5. The zero-order valence-corrected chi connectivity index (χ0v) is 14.2. The standard InChI is InChI=1S/C18H22N2O5/c1-25-14-8-13(9-18(23)24)19(10-14)17(22)11-20-15-5-3-2-4-12(15)6-7-16(20)21/h2-5,13-14H,6-11H2,1H3,(H,23,24). The van der Waals surface area contributed by atoms with E-state index in [1.54, 1.807) is 12.0 Å². The van der Waals surface area contributed by atoms with Gasteiger partial charge in [-0.1, -0.05) is 18.2 Å². The summed E-state index contributed by atoms with van der Waals surface area (Å²) < 4.78 is 5.30. The van der Waals surface area contributed by atoms with Crippen LogP contribution in [0.25, 0.3) is 0 Å². The fourth-order valence-corrected chi connectivity index (χ4v) is 3.64. The molecule has 0 radical (unpaired) electrons. The minimum absolute atomic E-state index is 0.0671. The van der Waals surface area contributed by atoms with Crippen molar-refractivity contribution in [3.8, 4) is 0 Å². The molecule has 3 rings (SSSR count). The number of carbonyl (C=O) groups is 3. The van der Waals surface area contributed by atoms with Crippen molar-refractivity contribution in [2.75, 3.05) is 25.1 Å². The lowest BCUT2D eigenvalue weighted by molar-refractivity contribution is -0.140. The lowest BCUT2D eigenvalue weighted by atomic mass is 10.0. The number of ether oxygens (including phenoxy) is 1. The van der Waals surface area contributed by atoms with Crippen molar-refractivity contribution in [3.63, 3.8) is 0 Å². The molecule has 1 saturated heterocycles. The Morgan fingerprint density at radius 3 is 2.76 bits per heavy atom. The molecule has 0 bridgehead atoms. The van der Waals surface area contributed by atoms with Crippen LogP contribution in [0.3, 0.4) is 0 Å². The summed E-state index contributed by atoms with van der Waals surface area (Å²) in [6.07, 6.45) is 1.27. The Hall–Kier alpha value is -2.41. The molecule has 134 valence electrons. The van der Waals surface area contributed by atoms with Crippen molar-refractivity contribution >= 4 is 23.5 Å². The smallest absolute Gasteiger partial charge is 0.305 e. The Labute approximate surface area is 146 Å². The number of hydrogen-bond donors (Lipinski definition) is 1. The number of benzene rings is 1. The van der Waals surface area contributed by atoms with E-state index in [-0.39, 0.29) is 30.9 Å². The molecule has 7 heteroatoms. The Morgan fingerprint density at radius 2 is 2.04 bits per heavy atom. The number of nitrogens with zero attached hydrogens (tertiary/aromatic N) is 2. The molecule has 25 heavy (non-hydrogen) atoms. The summed E-state index contributed by atoms with van der Waals surface area (Å²) in [5, 5.41) is 9.08. The summed E-state index contributed by atoms with van der Waals surface area (Å²) >= 11 is 0. The number of aliphatic carboxylic acids is 1. The van der Waals surface area contributed by atoms with Crippen molar-refractivity contribution in [3.05, 3.63) is 29.8 Å². The number of hydrogen-bond acceptors (Lipinski definition) is 4. The quantitative estimate of drug-likeness (QED) is 0.861. The molecule has 1 N–H and O–H groups in total. The van der Waals surface area contributed by atoms with Gasteiger partial charge in [-0.15, -0.1) is 0 Å². The second-order valence-corrected chi connectivity index (χ2v) is 6.50. The van der Waals surface area contributed by atoms with E-state index < -0.39 is 12.0 Å². The van der Waals surface area contributed by atoms with Gasteiger partial charge in [-0.05, 0) is 24.5 Å². The molecule has 7 nitrogen and oxygen atoms in total. The molecule has 1 aromatic rings. The van der Waals surface area contributed by atoms with Gasteiger partial charge < -0.3 is 19.6 Å². The highest BCUT2D eigenvalue weighted by molar-refractivity contribution is 6.01. The van der Waals surface area contributed by atoms with Crippen molar-refractivity contribution in [1.82, 2.24) is 4.90 Å². The number of para-hydroxylation sites is 1. The topological polar surface area (TPSA) is 87.2 Å². The Morgan fingerprint density at radius 1 is 1.28 bits per heavy atom. The molecule has 0 spiro atoms. The fourth-order valence-electron chi connectivity index (χ4n) is 3.64. The van der Waals surface area contributed by atoms with E-state index in [0.29, 0.717) is 25.8 Å². The van der Waals surface area contributed by atoms with Gasteiger partial charge in [0.05, 0.1) is 12.5 Å². The summed E-state index contributed by atoms with van der Waals surface area (Å²) in [4.78, 5) is 39.3. The summed E-state index contributed by atoms with van der Waals surface area (Å²) in [5.74, 6) is -1.26. The predicted octanol–water partition coefficient (Wildman–Crippen LogP) is 1.06. The first-order valence-electron chi connectivity index (χ1n) is 8.42. The number of methoxy groups -OCH3 is 1. The second-order valence-electron chi connectivity index (χ2n) is 6.50. The molecule has 2 atom stereocenters. The van der Waals surface area contributed by atoms with Crippen LogP contribution in [0, 0.1) is 0 Å². The molecular weight excluding hydrogens is 324 g/mol. The van der Waals surface area contributed by atoms with Gasteiger partial charge in [0.1, 0.15) is 6.54 Å². The molecule has 0 saturated carbocycles. The van der Waals surface area contributed by atoms with Gasteiger partial charge in [0.25, 0.3) is 0 Å². The van der Waals surface area contributed by atoms with Crippen LogP contribution < -0.4 is 4.90 Å². The zero-order valence-electron chi connectivity index (χ0n) is 14.2. The Balaban J connectivity index is 1.76. The molecule has 2 aliphatic heterocycles. The molecule has 2 unspecified atom stereocenters. The third-order valence-electron chi connectivity index (χ3n) is 4.93. The van der Waals surface area contributed by atoms with Crippen LogP contribution in [0.2, 0.25) is 0 Å². The average Bonchev–Trinajstić information content (AvgIpc) is 2.99. The molecule has 2 amide bonds. The van der Waals surface area contributed by atoms with Crippen LogP contribution in [-0.4, -0.2) is 60.1 Å². The van der Waals surface area contributed by atoms with Crippen molar-refractivity contribution < 1.29 is 24.2 Å². The number of anilines is 1. The molecular formula is C18H22N2O5. The number of fused-ring (bicyclic) bond motifs is 1. The summed E-state index contributed by atoms with van der Waals surface area (Å²) in [5.41, 5.74) is 1.82. The second kappa shape index (κ2) is 7.23. The van der Waals surface area contributed by atoms with Gasteiger partial charge >= 0.3 is 5.97 Å². The van der Waals surface area contributed by atoms with Crippen LogP contribution in [0.15, 0.2) is 24.3 Å². The largest absolute Gasteiger partial charge is 0.481 e. The molecule has 1 aromatic carbocycles. The van der Waals surface area contributed by atoms with Crippen LogP contribution in [0.4, 0.5) is 5.69 Å². The van der Waals surface area contributed by atoms with E-state index in [2.05, 4.69) is 0 Å². The molecule has 0 aliphatic carbocycles. The van der Waals surface area contributed by atoms with Gasteiger partial charge in [0.2, 0.25) is 11.8 Å². The van der Waals surface area contributed by atoms with E-state index >= 15 is 0 Å². The highest BCUT2D eigenvalue weighted by Crippen LogP contribution is 2.28. The first-order valence-corrected chi connectivity index (χ1v) is 8.42. The van der Waals surface area contributed by atoms with Crippen LogP contribution in [0.1, 0.15) is 24.8 Å². The maximum absolute atomic E-state index is 12.8. The summed E-state index contributed by atoms with van der Waals surface area (Å²) in [6.45, 7) is 0.291. The van der Waals surface area contributed by atoms with Gasteiger partial charge in [-0.3, -0.25) is 14.4 Å². The van der Waals surface area contributed by atoms with Crippen molar-refractivity contribution in [1.29, 1.82) is 0 Å². The fraction of sp³-hybridized carbons (Fsp3) is 0.500. The number of carboxylic acids is 1. The van der Waals surface area contributed by atoms with Crippen molar-refractivity contribution in [2.45, 2.75) is 37.8 Å². The minimum Gasteiger partial charge on any atom is -0.481 e.